The number of benzene rings is 1. The standard InChI is InChI=1S/C26H46O3/c1-20(2)9-6-10-21(3)11-7-12-22(4)13-8-17-26(5,29)18-16-23-14-15-24(27)25(28)19-23/h14-15,19-22,27-29H,6-13,16-18H2,1-5H3. The maximum Gasteiger partial charge on any atom is 0.157 e. The van der Waals surface area contributed by atoms with Crippen LogP contribution < -0.4 is 0 Å². The van der Waals surface area contributed by atoms with Crippen LogP contribution in [0.15, 0.2) is 18.2 Å². The van der Waals surface area contributed by atoms with Gasteiger partial charge in [0.15, 0.2) is 11.5 Å². The molecular formula is C26H46O3. The predicted molar refractivity (Wildman–Crippen MR) is 123 cm³/mol. The Bertz CT molecular complexity index is 565. The Morgan fingerprint density at radius 3 is 1.86 bits per heavy atom. The number of aryl methyl sites for hydroxylation is 1. The minimum absolute atomic E-state index is 0.0924. The molecule has 1 rings (SSSR count). The maximum atomic E-state index is 10.7. The second-order valence-electron chi connectivity index (χ2n) is 10.2. The summed E-state index contributed by atoms with van der Waals surface area (Å²) in [6, 6.07) is 4.89. The van der Waals surface area contributed by atoms with Crippen LogP contribution in [0.4, 0.5) is 0 Å². The Kier molecular flexibility index (Phi) is 11.7. The van der Waals surface area contributed by atoms with Gasteiger partial charge in [-0.15, -0.1) is 0 Å². The van der Waals surface area contributed by atoms with Crippen LogP contribution in [0.1, 0.15) is 104 Å². The van der Waals surface area contributed by atoms with E-state index in [9.17, 15) is 15.3 Å². The average Bonchev–Trinajstić information content (AvgIpc) is 2.62. The van der Waals surface area contributed by atoms with Crippen LogP contribution in [0.2, 0.25) is 0 Å². The van der Waals surface area contributed by atoms with Gasteiger partial charge >= 0.3 is 0 Å². The average molecular weight is 407 g/mol. The molecule has 1 aromatic rings. The van der Waals surface area contributed by atoms with E-state index in [-0.39, 0.29) is 11.5 Å². The molecule has 0 fully saturated rings. The minimum Gasteiger partial charge on any atom is -0.504 e. The van der Waals surface area contributed by atoms with E-state index in [1.54, 1.807) is 12.1 Å². The van der Waals surface area contributed by atoms with E-state index in [2.05, 4.69) is 27.7 Å². The zero-order chi connectivity index (χ0) is 21.9. The van der Waals surface area contributed by atoms with Gasteiger partial charge in [0.05, 0.1) is 5.60 Å². The Balaban J connectivity index is 2.16. The van der Waals surface area contributed by atoms with Gasteiger partial charge in [0.2, 0.25) is 0 Å². The predicted octanol–water partition coefficient (Wildman–Crippen LogP) is 7.22. The molecule has 0 spiro atoms. The Morgan fingerprint density at radius 2 is 1.31 bits per heavy atom. The molecule has 168 valence electrons. The summed E-state index contributed by atoms with van der Waals surface area (Å²) in [6.45, 7) is 11.3. The van der Waals surface area contributed by atoms with Gasteiger partial charge in [-0.1, -0.05) is 85.1 Å². The Labute approximate surface area is 179 Å². The Hall–Kier alpha value is -1.22. The SMILES string of the molecule is CC(C)CCCC(C)CCCC(C)CCCC(C)(O)CCc1ccc(O)c(O)c1. The highest BCUT2D eigenvalue weighted by molar-refractivity contribution is 5.40. The third-order valence-electron chi connectivity index (χ3n) is 6.28. The van der Waals surface area contributed by atoms with Crippen molar-refractivity contribution in [2.75, 3.05) is 0 Å². The molecule has 1 aromatic carbocycles. The second-order valence-corrected chi connectivity index (χ2v) is 10.2. The summed E-state index contributed by atoms with van der Waals surface area (Å²) in [5.41, 5.74) is 0.259. The molecular weight excluding hydrogens is 360 g/mol. The van der Waals surface area contributed by atoms with Gasteiger partial charge < -0.3 is 15.3 Å². The largest absolute Gasteiger partial charge is 0.504 e. The van der Waals surface area contributed by atoms with Crippen LogP contribution in [0, 0.1) is 17.8 Å². The lowest BCUT2D eigenvalue weighted by Gasteiger charge is -2.24. The number of hydrogen-bond donors (Lipinski definition) is 3. The summed E-state index contributed by atoms with van der Waals surface area (Å²) >= 11 is 0. The van der Waals surface area contributed by atoms with E-state index in [4.69, 9.17) is 0 Å². The summed E-state index contributed by atoms with van der Waals surface area (Å²) in [6.07, 6.45) is 12.5. The minimum atomic E-state index is -0.682. The molecule has 0 bridgehead atoms. The van der Waals surface area contributed by atoms with E-state index in [0.717, 1.165) is 36.2 Å². The van der Waals surface area contributed by atoms with Crippen molar-refractivity contribution in [1.82, 2.24) is 0 Å². The van der Waals surface area contributed by atoms with E-state index < -0.39 is 5.60 Å². The van der Waals surface area contributed by atoms with Crippen molar-refractivity contribution in [3.63, 3.8) is 0 Å². The van der Waals surface area contributed by atoms with Gasteiger partial charge in [-0.25, -0.2) is 0 Å². The monoisotopic (exact) mass is 406 g/mol. The lowest BCUT2D eigenvalue weighted by Crippen LogP contribution is -2.25. The summed E-state index contributed by atoms with van der Waals surface area (Å²) in [7, 11) is 0. The van der Waals surface area contributed by atoms with Crippen molar-refractivity contribution < 1.29 is 15.3 Å². The molecule has 3 nitrogen and oxygen atoms in total. The van der Waals surface area contributed by atoms with Gasteiger partial charge in [0.25, 0.3) is 0 Å². The third-order valence-corrected chi connectivity index (χ3v) is 6.28. The van der Waals surface area contributed by atoms with Crippen molar-refractivity contribution in [3.8, 4) is 11.5 Å². The smallest absolute Gasteiger partial charge is 0.157 e. The van der Waals surface area contributed by atoms with Crippen molar-refractivity contribution in [2.24, 2.45) is 17.8 Å². The van der Waals surface area contributed by atoms with E-state index in [1.807, 2.05) is 6.92 Å². The summed E-state index contributed by atoms with van der Waals surface area (Å²) < 4.78 is 0. The van der Waals surface area contributed by atoms with E-state index in [1.165, 1.54) is 51.0 Å². The fourth-order valence-electron chi connectivity index (χ4n) is 4.07. The van der Waals surface area contributed by atoms with Gasteiger partial charge in [-0.05, 0) is 61.6 Å². The molecule has 3 heteroatoms. The van der Waals surface area contributed by atoms with E-state index >= 15 is 0 Å². The lowest BCUT2D eigenvalue weighted by atomic mass is 9.88. The zero-order valence-electron chi connectivity index (χ0n) is 19.6. The third kappa shape index (κ3) is 12.2. The van der Waals surface area contributed by atoms with Crippen LogP contribution in [0.25, 0.3) is 0 Å². The summed E-state index contributed by atoms with van der Waals surface area (Å²) in [4.78, 5) is 0. The molecule has 29 heavy (non-hydrogen) atoms. The summed E-state index contributed by atoms with van der Waals surface area (Å²) in [5.74, 6) is 2.21. The molecule has 3 atom stereocenters. The van der Waals surface area contributed by atoms with Crippen molar-refractivity contribution in [3.05, 3.63) is 23.8 Å². The molecule has 0 saturated carbocycles. The molecule has 0 amide bonds. The molecule has 3 N–H and O–H groups in total. The first-order valence-corrected chi connectivity index (χ1v) is 11.8. The highest BCUT2D eigenvalue weighted by Crippen LogP contribution is 2.28. The molecule has 0 aromatic heterocycles. The zero-order valence-corrected chi connectivity index (χ0v) is 19.6. The second kappa shape index (κ2) is 13.2. The molecule has 0 aliphatic heterocycles. The quantitative estimate of drug-likeness (QED) is 0.269. The highest BCUT2D eigenvalue weighted by atomic mass is 16.3. The van der Waals surface area contributed by atoms with Crippen molar-refractivity contribution in [2.45, 2.75) is 111 Å². The molecule has 3 unspecified atom stereocenters. The van der Waals surface area contributed by atoms with Crippen molar-refractivity contribution in [1.29, 1.82) is 0 Å². The molecule has 0 radical (unpaired) electrons. The first-order chi connectivity index (χ1) is 13.6. The first-order valence-electron chi connectivity index (χ1n) is 11.8. The fraction of sp³-hybridized carbons (Fsp3) is 0.769. The summed E-state index contributed by atoms with van der Waals surface area (Å²) in [5, 5.41) is 29.7. The van der Waals surface area contributed by atoms with Gasteiger partial charge in [-0.3, -0.25) is 0 Å². The first kappa shape index (κ1) is 25.8. The van der Waals surface area contributed by atoms with Crippen LogP contribution in [0.3, 0.4) is 0 Å². The molecule has 0 saturated heterocycles. The number of phenolic OH excluding ortho intramolecular Hbond substituents is 2. The van der Waals surface area contributed by atoms with Gasteiger partial charge in [0, 0.05) is 0 Å². The number of aliphatic hydroxyl groups is 1. The van der Waals surface area contributed by atoms with Crippen LogP contribution in [0.5, 0.6) is 11.5 Å². The van der Waals surface area contributed by atoms with Crippen LogP contribution in [-0.4, -0.2) is 20.9 Å². The van der Waals surface area contributed by atoms with Crippen LogP contribution >= 0.6 is 0 Å². The normalized spacial score (nSPS) is 16.0. The fourth-order valence-corrected chi connectivity index (χ4v) is 4.07. The lowest BCUT2D eigenvalue weighted by molar-refractivity contribution is 0.0386. The number of hydrogen-bond acceptors (Lipinski definition) is 3. The molecule has 0 heterocycles. The highest BCUT2D eigenvalue weighted by Gasteiger charge is 2.20. The van der Waals surface area contributed by atoms with Gasteiger partial charge in [-0.2, -0.15) is 0 Å². The van der Waals surface area contributed by atoms with Gasteiger partial charge in [0.1, 0.15) is 0 Å². The van der Waals surface area contributed by atoms with E-state index in [0.29, 0.717) is 12.8 Å². The number of aromatic hydroxyl groups is 2. The Morgan fingerprint density at radius 1 is 0.759 bits per heavy atom. The topological polar surface area (TPSA) is 60.7 Å². The molecule has 0 aliphatic carbocycles. The van der Waals surface area contributed by atoms with Crippen molar-refractivity contribution >= 4 is 0 Å². The number of phenols is 2. The van der Waals surface area contributed by atoms with Crippen LogP contribution in [-0.2, 0) is 6.42 Å². The maximum absolute atomic E-state index is 10.7. The molecule has 0 aliphatic rings. The number of rotatable bonds is 15.